The second-order valence-corrected chi connectivity index (χ2v) is 7.54. The zero-order valence-electron chi connectivity index (χ0n) is 15.0. The molecule has 5 nitrogen and oxygen atoms in total. The molecule has 7 heteroatoms. The number of aromatic nitrogens is 3. The van der Waals surface area contributed by atoms with Crippen LogP contribution in [0.4, 0.5) is 0 Å². The third-order valence-electron chi connectivity index (χ3n) is 3.76. The van der Waals surface area contributed by atoms with Crippen molar-refractivity contribution in [1.82, 2.24) is 14.8 Å². The summed E-state index contributed by atoms with van der Waals surface area (Å²) in [6.45, 7) is 5.05. The maximum Gasteiger partial charge on any atom is 0.191 e. The third-order valence-corrected chi connectivity index (χ3v) is 5.18. The van der Waals surface area contributed by atoms with E-state index in [1.165, 1.54) is 0 Å². The van der Waals surface area contributed by atoms with Crippen LogP contribution in [0.1, 0.15) is 0 Å². The zero-order chi connectivity index (χ0) is 19.1. The van der Waals surface area contributed by atoms with Crippen molar-refractivity contribution >= 4 is 27.7 Å². The number of nitrogens with zero attached hydrogens (tertiary/aromatic N) is 3. The number of ether oxygens (including phenoxy) is 2. The number of methoxy groups -OCH3 is 1. The van der Waals surface area contributed by atoms with Gasteiger partial charge in [-0.05, 0) is 30.3 Å². The largest absolute Gasteiger partial charge is 0.496 e. The zero-order valence-corrected chi connectivity index (χ0v) is 17.4. The molecular weight excluding hydrogens is 426 g/mol. The van der Waals surface area contributed by atoms with E-state index < -0.39 is 0 Å². The van der Waals surface area contributed by atoms with Gasteiger partial charge in [0.15, 0.2) is 11.0 Å². The summed E-state index contributed by atoms with van der Waals surface area (Å²) in [4.78, 5) is 0. The molecule has 3 aromatic rings. The molecule has 0 aliphatic rings. The highest BCUT2D eigenvalue weighted by atomic mass is 79.9. The fourth-order valence-corrected chi connectivity index (χ4v) is 3.71. The Kier molecular flexibility index (Phi) is 6.95. The fourth-order valence-electron chi connectivity index (χ4n) is 2.57. The van der Waals surface area contributed by atoms with Gasteiger partial charge in [0.2, 0.25) is 0 Å². The van der Waals surface area contributed by atoms with Crippen molar-refractivity contribution in [3.05, 3.63) is 65.7 Å². The Bertz CT molecular complexity index is 914. The number of benzene rings is 2. The molecule has 0 fully saturated rings. The molecule has 2 aromatic carbocycles. The smallest absolute Gasteiger partial charge is 0.191 e. The summed E-state index contributed by atoms with van der Waals surface area (Å²) >= 11 is 5.05. The van der Waals surface area contributed by atoms with Crippen molar-refractivity contribution in [2.45, 2.75) is 11.7 Å². The highest BCUT2D eigenvalue weighted by Crippen LogP contribution is 2.31. The van der Waals surface area contributed by atoms with E-state index in [1.807, 2.05) is 59.2 Å². The molecule has 1 aromatic heterocycles. The van der Waals surface area contributed by atoms with Gasteiger partial charge in [-0.25, -0.2) is 0 Å². The molecule has 1 heterocycles. The molecule has 0 radical (unpaired) electrons. The number of hydrogen-bond acceptors (Lipinski definition) is 5. The minimum absolute atomic E-state index is 0.575. The van der Waals surface area contributed by atoms with Gasteiger partial charge in [-0.2, -0.15) is 0 Å². The van der Waals surface area contributed by atoms with Crippen LogP contribution in [0.15, 0.2) is 70.8 Å². The monoisotopic (exact) mass is 445 g/mol. The predicted molar refractivity (Wildman–Crippen MR) is 113 cm³/mol. The Balaban J connectivity index is 1.70. The number of allylic oxidation sites excluding steroid dienone is 1. The van der Waals surface area contributed by atoms with Crippen LogP contribution in [0.3, 0.4) is 0 Å². The van der Waals surface area contributed by atoms with E-state index in [2.05, 4.69) is 32.7 Å². The first-order valence-electron chi connectivity index (χ1n) is 8.41. The van der Waals surface area contributed by atoms with Crippen LogP contribution >= 0.6 is 27.7 Å². The van der Waals surface area contributed by atoms with Gasteiger partial charge in [0.1, 0.15) is 11.5 Å². The van der Waals surface area contributed by atoms with Crippen LogP contribution in [-0.2, 0) is 6.54 Å². The average Bonchev–Trinajstić information content (AvgIpc) is 3.08. The van der Waals surface area contributed by atoms with Gasteiger partial charge < -0.3 is 9.47 Å². The summed E-state index contributed by atoms with van der Waals surface area (Å²) in [5, 5.41) is 9.56. The molecule has 0 amide bonds. The van der Waals surface area contributed by atoms with Crippen LogP contribution in [0.5, 0.6) is 11.5 Å². The predicted octanol–water partition coefficient (Wildman–Crippen LogP) is 5.07. The Hall–Kier alpha value is -2.25. The quantitative estimate of drug-likeness (QED) is 0.261. The molecule has 0 saturated carbocycles. The number of para-hydroxylation sites is 1. The van der Waals surface area contributed by atoms with E-state index in [0.29, 0.717) is 13.2 Å². The lowest BCUT2D eigenvalue weighted by Gasteiger charge is -2.11. The number of rotatable bonds is 9. The third kappa shape index (κ3) is 4.93. The normalized spacial score (nSPS) is 10.6. The van der Waals surface area contributed by atoms with E-state index >= 15 is 0 Å². The second-order valence-electron chi connectivity index (χ2n) is 5.56. The van der Waals surface area contributed by atoms with Crippen LogP contribution in [0, 0.1) is 0 Å². The van der Waals surface area contributed by atoms with Crippen LogP contribution in [0.25, 0.3) is 11.4 Å². The Morgan fingerprint density at radius 1 is 1.19 bits per heavy atom. The standard InChI is InChI=1S/C20H20BrN3O2S/c1-3-11-24-19(17-9-4-5-10-18(17)25-2)22-23-20(24)27-13-12-26-16-8-6-7-15(21)14-16/h3-10,14H,1,11-13H2,2H3. The molecule has 3 rings (SSSR count). The molecule has 0 aliphatic heterocycles. The molecule has 0 unspecified atom stereocenters. The van der Waals surface area contributed by atoms with Crippen molar-refractivity contribution in [3.63, 3.8) is 0 Å². The summed E-state index contributed by atoms with van der Waals surface area (Å²) < 4.78 is 14.3. The first-order chi connectivity index (χ1) is 13.2. The van der Waals surface area contributed by atoms with Gasteiger partial charge in [0.25, 0.3) is 0 Å². The summed E-state index contributed by atoms with van der Waals surface area (Å²) in [6, 6.07) is 15.6. The number of halogens is 1. The van der Waals surface area contributed by atoms with Crippen molar-refractivity contribution in [3.8, 4) is 22.9 Å². The van der Waals surface area contributed by atoms with Gasteiger partial charge >= 0.3 is 0 Å². The summed E-state index contributed by atoms with van der Waals surface area (Å²) in [7, 11) is 1.65. The lowest BCUT2D eigenvalue weighted by molar-refractivity contribution is 0.343. The minimum Gasteiger partial charge on any atom is -0.496 e. The molecule has 0 bridgehead atoms. The lowest BCUT2D eigenvalue weighted by Crippen LogP contribution is -2.04. The average molecular weight is 446 g/mol. The van der Waals surface area contributed by atoms with Crippen LogP contribution < -0.4 is 9.47 Å². The van der Waals surface area contributed by atoms with E-state index in [4.69, 9.17) is 9.47 Å². The van der Waals surface area contributed by atoms with Gasteiger partial charge in [0, 0.05) is 16.8 Å². The number of thioether (sulfide) groups is 1. The van der Waals surface area contributed by atoms with E-state index in [0.717, 1.165) is 38.3 Å². The first kappa shape index (κ1) is 19.5. The molecule has 0 saturated heterocycles. The van der Waals surface area contributed by atoms with E-state index in [1.54, 1.807) is 18.9 Å². The van der Waals surface area contributed by atoms with Crippen molar-refractivity contribution in [2.24, 2.45) is 0 Å². The Labute approximate surface area is 171 Å². The van der Waals surface area contributed by atoms with Crippen molar-refractivity contribution < 1.29 is 9.47 Å². The molecule has 27 heavy (non-hydrogen) atoms. The summed E-state index contributed by atoms with van der Waals surface area (Å²) in [5.41, 5.74) is 0.909. The van der Waals surface area contributed by atoms with Crippen molar-refractivity contribution in [1.29, 1.82) is 0 Å². The number of hydrogen-bond donors (Lipinski definition) is 0. The Morgan fingerprint density at radius 3 is 2.81 bits per heavy atom. The molecule has 0 N–H and O–H groups in total. The highest BCUT2D eigenvalue weighted by Gasteiger charge is 2.16. The summed E-state index contributed by atoms with van der Waals surface area (Å²) in [6.07, 6.45) is 1.84. The maximum absolute atomic E-state index is 5.79. The second kappa shape index (κ2) is 9.62. The van der Waals surface area contributed by atoms with Crippen molar-refractivity contribution in [2.75, 3.05) is 19.5 Å². The molecule has 0 atom stereocenters. The van der Waals surface area contributed by atoms with Gasteiger partial charge in [-0.1, -0.05) is 52.0 Å². The molecular formula is C20H20BrN3O2S. The van der Waals surface area contributed by atoms with Crippen LogP contribution in [0.2, 0.25) is 0 Å². The Morgan fingerprint density at radius 2 is 2.04 bits per heavy atom. The molecule has 0 aliphatic carbocycles. The van der Waals surface area contributed by atoms with Gasteiger partial charge in [-0.15, -0.1) is 16.8 Å². The maximum atomic E-state index is 5.79. The first-order valence-corrected chi connectivity index (χ1v) is 10.2. The highest BCUT2D eigenvalue weighted by molar-refractivity contribution is 9.10. The topological polar surface area (TPSA) is 49.2 Å². The molecule has 0 spiro atoms. The van der Waals surface area contributed by atoms with E-state index in [-0.39, 0.29) is 0 Å². The van der Waals surface area contributed by atoms with Gasteiger partial charge in [0.05, 0.1) is 19.3 Å². The van der Waals surface area contributed by atoms with Gasteiger partial charge in [-0.3, -0.25) is 4.57 Å². The van der Waals surface area contributed by atoms with Crippen LogP contribution in [-0.4, -0.2) is 34.2 Å². The molecule has 140 valence electrons. The lowest BCUT2D eigenvalue weighted by atomic mass is 10.2. The summed E-state index contributed by atoms with van der Waals surface area (Å²) in [5.74, 6) is 3.13. The van der Waals surface area contributed by atoms with E-state index in [9.17, 15) is 0 Å². The SMILES string of the molecule is C=CCn1c(SCCOc2cccc(Br)c2)nnc1-c1ccccc1OC. The minimum atomic E-state index is 0.575. The fraction of sp³-hybridized carbons (Fsp3) is 0.200.